The minimum absolute atomic E-state index is 0.493. The van der Waals surface area contributed by atoms with Gasteiger partial charge < -0.3 is 10.0 Å². The third kappa shape index (κ3) is 3.02. The van der Waals surface area contributed by atoms with Crippen molar-refractivity contribution in [3.8, 4) is 6.07 Å². The lowest BCUT2D eigenvalue weighted by Crippen LogP contribution is -2.50. The van der Waals surface area contributed by atoms with Gasteiger partial charge in [0.25, 0.3) is 0 Å². The van der Waals surface area contributed by atoms with E-state index < -0.39 is 11.0 Å². The van der Waals surface area contributed by atoms with E-state index in [1.165, 1.54) is 12.8 Å². The largest absolute Gasteiger partial charge is 0.388 e. The number of aliphatic hydroxyl groups is 1. The van der Waals surface area contributed by atoms with Crippen LogP contribution in [0.3, 0.4) is 0 Å². The lowest BCUT2D eigenvalue weighted by molar-refractivity contribution is -0.0898. The summed E-state index contributed by atoms with van der Waals surface area (Å²) in [5, 5.41) is 21.1. The van der Waals surface area contributed by atoms with Crippen molar-refractivity contribution in [3.63, 3.8) is 0 Å². The standard InChI is InChI=1S/C17H30N2O/c1-3-10-19-11-5-8-17(20,9-12-19)16(14-18)7-4-6-15(2)13-16/h15,20H,3-13H2,1-2H3. The van der Waals surface area contributed by atoms with E-state index >= 15 is 0 Å². The molecular formula is C17H30N2O. The maximum Gasteiger partial charge on any atom is 0.0863 e. The molecule has 0 aromatic heterocycles. The van der Waals surface area contributed by atoms with Gasteiger partial charge in [-0.15, -0.1) is 0 Å². The summed E-state index contributed by atoms with van der Waals surface area (Å²) in [5.74, 6) is 0.572. The number of likely N-dealkylation sites (tertiary alicyclic amines) is 1. The summed E-state index contributed by atoms with van der Waals surface area (Å²) >= 11 is 0. The first-order chi connectivity index (χ1) is 9.55. The SMILES string of the molecule is CCCN1CCCC(O)(C2(C#N)CCCC(C)C2)CC1. The fourth-order valence-corrected chi connectivity index (χ4v) is 4.37. The van der Waals surface area contributed by atoms with Gasteiger partial charge in [-0.2, -0.15) is 5.26 Å². The maximum absolute atomic E-state index is 11.3. The second-order valence-electron chi connectivity index (χ2n) is 7.12. The van der Waals surface area contributed by atoms with Crippen molar-refractivity contribution in [1.29, 1.82) is 5.26 Å². The van der Waals surface area contributed by atoms with Gasteiger partial charge in [0.1, 0.15) is 0 Å². The van der Waals surface area contributed by atoms with Gasteiger partial charge in [-0.25, -0.2) is 0 Å². The lowest BCUT2D eigenvalue weighted by Gasteiger charge is -2.46. The van der Waals surface area contributed by atoms with Crippen LogP contribution in [0.4, 0.5) is 0 Å². The van der Waals surface area contributed by atoms with Crippen molar-refractivity contribution < 1.29 is 5.11 Å². The number of hydrogen-bond donors (Lipinski definition) is 1. The molecule has 3 heteroatoms. The van der Waals surface area contributed by atoms with Gasteiger partial charge in [-0.05, 0) is 57.5 Å². The Morgan fingerprint density at radius 1 is 1.25 bits per heavy atom. The molecule has 0 radical (unpaired) electrons. The molecule has 2 aliphatic rings. The maximum atomic E-state index is 11.3. The molecule has 0 aromatic carbocycles. The van der Waals surface area contributed by atoms with Crippen LogP contribution in [-0.4, -0.2) is 35.2 Å². The number of nitriles is 1. The number of nitrogens with zero attached hydrogens (tertiary/aromatic N) is 2. The predicted molar refractivity (Wildman–Crippen MR) is 81.2 cm³/mol. The van der Waals surface area contributed by atoms with Crippen LogP contribution in [0.25, 0.3) is 0 Å². The summed E-state index contributed by atoms with van der Waals surface area (Å²) in [7, 11) is 0. The van der Waals surface area contributed by atoms with Gasteiger partial charge in [0.2, 0.25) is 0 Å². The average molecular weight is 278 g/mol. The van der Waals surface area contributed by atoms with Crippen molar-refractivity contribution in [3.05, 3.63) is 0 Å². The molecule has 3 atom stereocenters. The summed E-state index contributed by atoms with van der Waals surface area (Å²) in [6.07, 6.45) is 7.83. The summed E-state index contributed by atoms with van der Waals surface area (Å²) in [6.45, 7) is 7.58. The van der Waals surface area contributed by atoms with E-state index in [0.29, 0.717) is 5.92 Å². The quantitative estimate of drug-likeness (QED) is 0.861. The summed E-state index contributed by atoms with van der Waals surface area (Å²) in [4.78, 5) is 2.45. The first-order valence-electron chi connectivity index (χ1n) is 8.41. The highest BCUT2D eigenvalue weighted by Crippen LogP contribution is 2.50. The van der Waals surface area contributed by atoms with Gasteiger partial charge >= 0.3 is 0 Å². The van der Waals surface area contributed by atoms with Crippen molar-refractivity contribution in [2.75, 3.05) is 19.6 Å². The second-order valence-corrected chi connectivity index (χ2v) is 7.12. The fourth-order valence-electron chi connectivity index (χ4n) is 4.37. The van der Waals surface area contributed by atoms with Crippen molar-refractivity contribution in [2.45, 2.75) is 70.8 Å². The molecule has 0 aromatic rings. The molecule has 114 valence electrons. The lowest BCUT2D eigenvalue weighted by atomic mass is 9.59. The zero-order chi connectivity index (χ0) is 14.6. The molecule has 0 amide bonds. The van der Waals surface area contributed by atoms with Crippen LogP contribution in [0, 0.1) is 22.7 Å². The smallest absolute Gasteiger partial charge is 0.0863 e. The monoisotopic (exact) mass is 278 g/mol. The average Bonchev–Trinajstić information content (AvgIpc) is 2.63. The van der Waals surface area contributed by atoms with Crippen LogP contribution in [-0.2, 0) is 0 Å². The van der Waals surface area contributed by atoms with E-state index in [2.05, 4.69) is 24.8 Å². The Labute approximate surface area is 124 Å². The van der Waals surface area contributed by atoms with Crippen molar-refractivity contribution in [2.24, 2.45) is 11.3 Å². The van der Waals surface area contributed by atoms with Crippen LogP contribution in [0.1, 0.15) is 65.2 Å². The van der Waals surface area contributed by atoms with E-state index in [9.17, 15) is 10.4 Å². The van der Waals surface area contributed by atoms with Crippen LogP contribution >= 0.6 is 0 Å². The first kappa shape index (κ1) is 15.8. The molecule has 1 heterocycles. The molecule has 2 rings (SSSR count). The van der Waals surface area contributed by atoms with Crippen molar-refractivity contribution in [1.82, 2.24) is 4.90 Å². The van der Waals surface area contributed by atoms with E-state index in [1.54, 1.807) is 0 Å². The molecular weight excluding hydrogens is 248 g/mol. The Morgan fingerprint density at radius 2 is 2.05 bits per heavy atom. The molecule has 0 bridgehead atoms. The Hall–Kier alpha value is -0.590. The summed E-state index contributed by atoms with van der Waals surface area (Å²) in [6, 6.07) is 2.56. The topological polar surface area (TPSA) is 47.3 Å². The zero-order valence-electron chi connectivity index (χ0n) is 13.2. The Bertz CT molecular complexity index is 364. The van der Waals surface area contributed by atoms with Gasteiger partial charge in [0.15, 0.2) is 0 Å². The Balaban J connectivity index is 2.13. The predicted octanol–water partition coefficient (Wildman–Crippen LogP) is 3.33. The highest BCUT2D eigenvalue weighted by molar-refractivity contribution is 5.13. The highest BCUT2D eigenvalue weighted by atomic mass is 16.3. The van der Waals surface area contributed by atoms with Gasteiger partial charge in [0.05, 0.1) is 17.1 Å². The van der Waals surface area contributed by atoms with Crippen LogP contribution in [0.2, 0.25) is 0 Å². The number of rotatable bonds is 3. The van der Waals surface area contributed by atoms with Crippen LogP contribution in [0.15, 0.2) is 0 Å². The molecule has 1 aliphatic carbocycles. The third-order valence-electron chi connectivity index (χ3n) is 5.55. The molecule has 1 aliphatic heterocycles. The molecule has 1 saturated carbocycles. The molecule has 1 saturated heterocycles. The minimum atomic E-state index is -0.765. The molecule has 1 N–H and O–H groups in total. The minimum Gasteiger partial charge on any atom is -0.388 e. The van der Waals surface area contributed by atoms with E-state index in [0.717, 1.165) is 58.2 Å². The van der Waals surface area contributed by atoms with Gasteiger partial charge in [-0.3, -0.25) is 0 Å². The highest BCUT2D eigenvalue weighted by Gasteiger charge is 2.52. The number of hydrogen-bond acceptors (Lipinski definition) is 3. The third-order valence-corrected chi connectivity index (χ3v) is 5.55. The second kappa shape index (κ2) is 6.45. The Morgan fingerprint density at radius 3 is 2.70 bits per heavy atom. The summed E-state index contributed by atoms with van der Waals surface area (Å²) in [5.41, 5.74) is -1.26. The fraction of sp³-hybridized carbons (Fsp3) is 0.941. The van der Waals surface area contributed by atoms with Crippen LogP contribution in [0.5, 0.6) is 0 Å². The molecule has 20 heavy (non-hydrogen) atoms. The van der Waals surface area contributed by atoms with Crippen LogP contribution < -0.4 is 0 Å². The normalized spacial score (nSPS) is 40.0. The Kier molecular flexibility index (Phi) is 5.09. The van der Waals surface area contributed by atoms with E-state index in [1.807, 2.05) is 0 Å². The molecule has 3 nitrogen and oxygen atoms in total. The van der Waals surface area contributed by atoms with E-state index in [4.69, 9.17) is 0 Å². The van der Waals surface area contributed by atoms with Gasteiger partial charge in [0, 0.05) is 6.54 Å². The zero-order valence-corrected chi connectivity index (χ0v) is 13.2. The van der Waals surface area contributed by atoms with Gasteiger partial charge in [-0.1, -0.05) is 26.7 Å². The summed E-state index contributed by atoms with van der Waals surface area (Å²) < 4.78 is 0. The van der Waals surface area contributed by atoms with Crippen molar-refractivity contribution >= 4 is 0 Å². The molecule has 2 fully saturated rings. The van der Waals surface area contributed by atoms with E-state index in [-0.39, 0.29) is 0 Å². The molecule has 3 unspecified atom stereocenters. The molecule has 0 spiro atoms. The first-order valence-corrected chi connectivity index (χ1v) is 8.41.